The molecule has 19 heteroatoms. The molecule has 0 aliphatic carbocycles. The van der Waals surface area contributed by atoms with Crippen LogP contribution < -0.4 is 0 Å². The molecule has 2 unspecified atom stereocenters. The van der Waals surface area contributed by atoms with Crippen LogP contribution in [0.2, 0.25) is 0 Å². The molecule has 0 aliphatic rings. The van der Waals surface area contributed by atoms with Crippen molar-refractivity contribution in [2.45, 2.75) is 431 Å². The molecule has 0 aliphatic heterocycles. The summed E-state index contributed by atoms with van der Waals surface area (Å²) >= 11 is 0. The van der Waals surface area contributed by atoms with Gasteiger partial charge in [-0.25, -0.2) is 9.13 Å². The lowest BCUT2D eigenvalue weighted by atomic mass is 10.0. The van der Waals surface area contributed by atoms with Crippen LogP contribution in [0.25, 0.3) is 0 Å². The Labute approximate surface area is 636 Å². The van der Waals surface area contributed by atoms with Gasteiger partial charge in [-0.3, -0.25) is 37.3 Å². The molecule has 5 atom stereocenters. The van der Waals surface area contributed by atoms with Gasteiger partial charge < -0.3 is 33.8 Å². The number of aliphatic hydroxyl groups excluding tert-OH is 1. The standard InChI is InChI=1S/C85H158O17P2/c1-5-9-13-17-21-25-29-33-36-39-42-46-50-54-58-62-66-70-83(88)96-76-81(102-85(90)72-68-64-60-56-52-48-44-41-38-35-31-27-23-19-15-11-7-3)78-100-104(93,94)98-74-79(86)73-97-103(91,92)99-77-80(75-95-82(87)69-65-61-57-53-49-45-32-28-24-20-16-12-8-4)101-84(89)71-67-63-59-55-51-47-43-40-37-34-30-26-22-18-14-10-6-2/h23,27,35,38,44,48,56,60,79-81,86H,5-22,24-26,28-34,36-37,39-43,45-47,49-55,57-59,61-78H2,1-4H3,(H,91,92)(H,93,94)/b27-23-,38-35-,48-44-,60-56-/t79-,80+,81+/m0/s1. The van der Waals surface area contributed by atoms with Gasteiger partial charge in [0.15, 0.2) is 12.2 Å². The maximum Gasteiger partial charge on any atom is 0.472 e. The number of aliphatic hydroxyl groups is 1. The molecule has 0 bridgehead atoms. The van der Waals surface area contributed by atoms with Crippen LogP contribution in [-0.4, -0.2) is 96.7 Å². The van der Waals surface area contributed by atoms with E-state index in [0.717, 1.165) is 89.9 Å². The van der Waals surface area contributed by atoms with Crippen LogP contribution in [-0.2, 0) is 65.4 Å². The third-order valence-electron chi connectivity index (χ3n) is 18.8. The summed E-state index contributed by atoms with van der Waals surface area (Å²) in [4.78, 5) is 73.1. The lowest BCUT2D eigenvalue weighted by Gasteiger charge is -2.21. The van der Waals surface area contributed by atoms with Crippen molar-refractivity contribution in [1.82, 2.24) is 0 Å². The average Bonchev–Trinajstić information content (AvgIpc) is 0.937. The number of allylic oxidation sites excluding steroid dienone is 8. The van der Waals surface area contributed by atoms with Gasteiger partial charge in [0.1, 0.15) is 19.3 Å². The Balaban J connectivity index is 5.35. The molecule has 0 saturated carbocycles. The predicted molar refractivity (Wildman–Crippen MR) is 427 cm³/mol. The molecule has 3 N–H and O–H groups in total. The lowest BCUT2D eigenvalue weighted by Crippen LogP contribution is -2.30. The van der Waals surface area contributed by atoms with Gasteiger partial charge in [0.05, 0.1) is 26.4 Å². The normalized spacial score (nSPS) is 14.0. The number of carbonyl (C=O) groups excluding carboxylic acids is 4. The van der Waals surface area contributed by atoms with Gasteiger partial charge in [-0.1, -0.05) is 372 Å². The Kier molecular flexibility index (Phi) is 75.9. The van der Waals surface area contributed by atoms with Crippen LogP contribution in [0.1, 0.15) is 413 Å². The van der Waals surface area contributed by atoms with E-state index in [1.807, 2.05) is 12.2 Å². The van der Waals surface area contributed by atoms with Gasteiger partial charge >= 0.3 is 39.5 Å². The highest BCUT2D eigenvalue weighted by atomic mass is 31.2. The second-order valence-corrected chi connectivity index (χ2v) is 32.1. The summed E-state index contributed by atoms with van der Waals surface area (Å²) in [5.41, 5.74) is 0. The number of rotatable bonds is 82. The number of hydrogen-bond donors (Lipinski definition) is 3. The minimum Gasteiger partial charge on any atom is -0.462 e. The van der Waals surface area contributed by atoms with E-state index >= 15 is 0 Å². The van der Waals surface area contributed by atoms with Crippen molar-refractivity contribution < 1.29 is 80.2 Å². The molecule has 104 heavy (non-hydrogen) atoms. The fourth-order valence-corrected chi connectivity index (χ4v) is 13.9. The molecule has 0 aromatic carbocycles. The second-order valence-electron chi connectivity index (χ2n) is 29.2. The van der Waals surface area contributed by atoms with E-state index in [1.54, 1.807) is 0 Å². The summed E-state index contributed by atoms with van der Waals surface area (Å²) < 4.78 is 68.8. The molecule has 0 heterocycles. The first-order valence-corrected chi connectivity index (χ1v) is 45.9. The summed E-state index contributed by atoms with van der Waals surface area (Å²) in [7, 11) is -9.96. The summed E-state index contributed by atoms with van der Waals surface area (Å²) in [6.07, 6.45) is 78.0. The minimum atomic E-state index is -4.98. The highest BCUT2D eigenvalue weighted by molar-refractivity contribution is 7.47. The number of carbonyl (C=O) groups is 4. The van der Waals surface area contributed by atoms with E-state index in [1.165, 1.54) is 238 Å². The second kappa shape index (κ2) is 78.2. The highest BCUT2D eigenvalue weighted by Crippen LogP contribution is 2.45. The molecule has 0 rings (SSSR count). The molecule has 0 aromatic heterocycles. The van der Waals surface area contributed by atoms with Crippen molar-refractivity contribution in [2.24, 2.45) is 0 Å². The van der Waals surface area contributed by atoms with Gasteiger partial charge in [-0.2, -0.15) is 0 Å². The Morgan fingerprint density at radius 1 is 0.269 bits per heavy atom. The molecule has 0 amide bonds. The van der Waals surface area contributed by atoms with Crippen molar-refractivity contribution in [3.05, 3.63) is 48.6 Å². The number of esters is 4. The largest absolute Gasteiger partial charge is 0.472 e. The van der Waals surface area contributed by atoms with Crippen LogP contribution in [0.5, 0.6) is 0 Å². The molecule has 0 fully saturated rings. The van der Waals surface area contributed by atoms with E-state index in [0.29, 0.717) is 32.1 Å². The van der Waals surface area contributed by atoms with Crippen molar-refractivity contribution in [2.75, 3.05) is 39.6 Å². The fourth-order valence-electron chi connectivity index (χ4n) is 12.3. The first-order chi connectivity index (χ1) is 50.7. The van der Waals surface area contributed by atoms with E-state index in [-0.39, 0.29) is 25.7 Å². The summed E-state index contributed by atoms with van der Waals surface area (Å²) in [6.45, 7) is 4.91. The van der Waals surface area contributed by atoms with Crippen LogP contribution in [0.3, 0.4) is 0 Å². The number of hydrogen-bond acceptors (Lipinski definition) is 15. The number of phosphoric ester groups is 2. The van der Waals surface area contributed by atoms with Crippen molar-refractivity contribution in [3.63, 3.8) is 0 Å². The number of ether oxygens (including phenoxy) is 4. The van der Waals surface area contributed by atoms with Crippen LogP contribution in [0.15, 0.2) is 48.6 Å². The number of phosphoric acid groups is 2. The van der Waals surface area contributed by atoms with Crippen molar-refractivity contribution in [1.29, 1.82) is 0 Å². The van der Waals surface area contributed by atoms with E-state index in [9.17, 15) is 43.2 Å². The Morgan fingerprint density at radius 2 is 0.481 bits per heavy atom. The molecular weight excluding hydrogens is 1350 g/mol. The van der Waals surface area contributed by atoms with Crippen LogP contribution >= 0.6 is 15.6 Å². The molecule has 0 saturated heterocycles. The average molecular weight is 1510 g/mol. The Hall–Kier alpha value is -2.98. The summed E-state index contributed by atoms with van der Waals surface area (Å²) in [6, 6.07) is 0. The maximum atomic E-state index is 13.1. The monoisotopic (exact) mass is 1510 g/mol. The third-order valence-corrected chi connectivity index (χ3v) is 20.7. The molecule has 0 spiro atoms. The maximum absolute atomic E-state index is 13.1. The molecule has 17 nitrogen and oxygen atoms in total. The first kappa shape index (κ1) is 101. The third kappa shape index (κ3) is 77.2. The zero-order valence-electron chi connectivity index (χ0n) is 67.0. The highest BCUT2D eigenvalue weighted by Gasteiger charge is 2.30. The smallest absolute Gasteiger partial charge is 0.462 e. The van der Waals surface area contributed by atoms with Crippen molar-refractivity contribution >= 4 is 39.5 Å². The minimum absolute atomic E-state index is 0.0259. The zero-order chi connectivity index (χ0) is 76.0. The zero-order valence-corrected chi connectivity index (χ0v) is 68.8. The van der Waals surface area contributed by atoms with Gasteiger partial charge in [0.2, 0.25) is 0 Å². The molecule has 610 valence electrons. The number of unbranched alkanes of at least 4 members (excludes halogenated alkanes) is 48. The SMILES string of the molecule is CCCCC/C=C\C/C=C\C/C=C\C/C=C\CCCC(=O)O[C@H](COC(=O)CCCCCCCCCCCCCCCCCCC)COP(=O)(O)OC[C@@H](O)COP(=O)(O)OC[C@@H](COC(=O)CCCCCCCCCCCCCCC)OC(=O)CCCCCCCCCCCCCCCCCCC. The topological polar surface area (TPSA) is 237 Å². The summed E-state index contributed by atoms with van der Waals surface area (Å²) in [5, 5.41) is 10.7. The van der Waals surface area contributed by atoms with E-state index in [2.05, 4.69) is 64.2 Å². The van der Waals surface area contributed by atoms with Crippen molar-refractivity contribution in [3.8, 4) is 0 Å². The van der Waals surface area contributed by atoms with Gasteiger partial charge in [0.25, 0.3) is 0 Å². The van der Waals surface area contributed by atoms with E-state index in [4.69, 9.17) is 37.0 Å². The summed E-state index contributed by atoms with van der Waals surface area (Å²) in [5.74, 6) is -2.19. The van der Waals surface area contributed by atoms with E-state index < -0.39 is 97.5 Å². The van der Waals surface area contributed by atoms with Crippen LogP contribution in [0.4, 0.5) is 0 Å². The lowest BCUT2D eigenvalue weighted by molar-refractivity contribution is -0.161. The van der Waals surface area contributed by atoms with Gasteiger partial charge in [0, 0.05) is 25.7 Å². The molecule has 0 aromatic rings. The first-order valence-electron chi connectivity index (χ1n) is 42.9. The van der Waals surface area contributed by atoms with Gasteiger partial charge in [-0.15, -0.1) is 0 Å². The molecule has 0 radical (unpaired) electrons. The fraction of sp³-hybridized carbons (Fsp3) is 0.859. The Bertz CT molecular complexity index is 2150. The van der Waals surface area contributed by atoms with Crippen LogP contribution in [0, 0.1) is 0 Å². The quantitative estimate of drug-likeness (QED) is 0.0169. The van der Waals surface area contributed by atoms with Gasteiger partial charge in [-0.05, 0) is 64.2 Å². The Morgan fingerprint density at radius 3 is 0.760 bits per heavy atom. The predicted octanol–water partition coefficient (Wildman–Crippen LogP) is 25.2. The molecular formula is C85H158O17P2.